The van der Waals surface area contributed by atoms with Crippen LogP contribution in [0.4, 0.5) is 0 Å². The first-order valence-corrected chi connectivity index (χ1v) is 9.37. The molecule has 6 nitrogen and oxygen atoms in total. The monoisotopic (exact) mass is 355 g/mol. The molecule has 146 valence electrons. The molecule has 1 aliphatic rings. The molecule has 1 saturated heterocycles. The largest absolute Gasteiger partial charge is 0.379 e. The minimum absolute atomic E-state index is 0.136. The lowest BCUT2D eigenvalue weighted by molar-refractivity contribution is -0.122. The lowest BCUT2D eigenvalue weighted by atomic mass is 9.95. The molecule has 1 heterocycles. The number of nitrogens with one attached hydrogen (secondary N) is 2. The molecule has 0 aliphatic carbocycles. The lowest BCUT2D eigenvalue weighted by Gasteiger charge is -2.32. The second kappa shape index (κ2) is 9.76. The van der Waals surface area contributed by atoms with E-state index in [9.17, 15) is 9.59 Å². The number of hydrogen-bond acceptors (Lipinski definition) is 6. The van der Waals surface area contributed by atoms with Crippen LogP contribution in [0.25, 0.3) is 0 Å². The van der Waals surface area contributed by atoms with Crippen molar-refractivity contribution >= 4 is 11.6 Å². The van der Waals surface area contributed by atoms with Crippen LogP contribution < -0.4 is 10.6 Å². The Morgan fingerprint density at radius 3 is 1.80 bits per heavy atom. The number of morpholine rings is 1. The summed E-state index contributed by atoms with van der Waals surface area (Å²) >= 11 is 0. The fourth-order valence-electron chi connectivity index (χ4n) is 2.51. The number of carbonyl (C=O) groups excluding carboxylic acids is 2. The minimum atomic E-state index is -0.521. The molecule has 1 rings (SSSR count). The summed E-state index contributed by atoms with van der Waals surface area (Å²) in [6.07, 6.45) is 1.02. The highest BCUT2D eigenvalue weighted by atomic mass is 16.5. The third kappa shape index (κ3) is 7.94. The van der Waals surface area contributed by atoms with Gasteiger partial charge in [-0.25, -0.2) is 0 Å². The molecule has 2 N–H and O–H groups in total. The van der Waals surface area contributed by atoms with E-state index in [2.05, 4.69) is 15.5 Å². The van der Waals surface area contributed by atoms with Crippen molar-refractivity contribution in [1.82, 2.24) is 15.5 Å². The van der Waals surface area contributed by atoms with Crippen LogP contribution in [0.15, 0.2) is 0 Å². The number of hydrogen-bond donors (Lipinski definition) is 2. The van der Waals surface area contributed by atoms with Gasteiger partial charge in [0, 0.05) is 26.2 Å². The molecular formula is C19H37N3O3. The summed E-state index contributed by atoms with van der Waals surface area (Å²) in [7, 11) is 0. The van der Waals surface area contributed by atoms with Crippen molar-refractivity contribution in [3.8, 4) is 0 Å². The third-order valence-electron chi connectivity index (χ3n) is 5.38. The van der Waals surface area contributed by atoms with Gasteiger partial charge in [0.25, 0.3) is 0 Å². The molecule has 0 radical (unpaired) electrons. The van der Waals surface area contributed by atoms with Gasteiger partial charge in [-0.2, -0.15) is 0 Å². The van der Waals surface area contributed by atoms with Crippen LogP contribution in [0.1, 0.15) is 48.0 Å². The summed E-state index contributed by atoms with van der Waals surface area (Å²) in [5, 5.41) is 6.79. The number of Topliss-reactive ketones (excluding diaryl/α,β-unsaturated/α-hetero) is 2. The smallest absolute Gasteiger partial charge is 0.149 e. The van der Waals surface area contributed by atoms with Crippen molar-refractivity contribution in [2.24, 2.45) is 5.92 Å². The van der Waals surface area contributed by atoms with E-state index in [-0.39, 0.29) is 11.6 Å². The van der Waals surface area contributed by atoms with E-state index in [0.29, 0.717) is 5.92 Å². The summed E-state index contributed by atoms with van der Waals surface area (Å²) in [5.74, 6) is 0.619. The number of rotatable bonds is 11. The maximum Gasteiger partial charge on any atom is 0.149 e. The van der Waals surface area contributed by atoms with Crippen LogP contribution in [0, 0.1) is 5.92 Å². The van der Waals surface area contributed by atoms with Crippen LogP contribution >= 0.6 is 0 Å². The average Bonchev–Trinajstić information content (AvgIpc) is 2.54. The molecule has 0 unspecified atom stereocenters. The van der Waals surface area contributed by atoms with Crippen LogP contribution in [-0.2, 0) is 14.3 Å². The molecule has 1 aliphatic heterocycles. The summed E-state index contributed by atoms with van der Waals surface area (Å²) < 4.78 is 5.40. The van der Waals surface area contributed by atoms with Crippen LogP contribution in [0.2, 0.25) is 0 Å². The van der Waals surface area contributed by atoms with E-state index in [0.717, 1.165) is 52.4 Å². The van der Waals surface area contributed by atoms with Gasteiger partial charge in [0.1, 0.15) is 11.6 Å². The normalized spacial score (nSPS) is 17.1. The van der Waals surface area contributed by atoms with Gasteiger partial charge in [0.05, 0.1) is 24.3 Å². The highest BCUT2D eigenvalue weighted by Crippen LogP contribution is 2.11. The SMILES string of the molecule is CC(=O)C(C)(C)NCC(CCN1CCOCC1)CNC(C)(C)C(C)=O. The molecule has 0 aromatic heterocycles. The first-order chi connectivity index (χ1) is 11.5. The second-order valence-electron chi connectivity index (χ2n) is 8.23. The van der Waals surface area contributed by atoms with E-state index < -0.39 is 11.1 Å². The molecule has 1 fully saturated rings. The van der Waals surface area contributed by atoms with E-state index >= 15 is 0 Å². The molecule has 0 saturated carbocycles. The summed E-state index contributed by atoms with van der Waals surface area (Å²) in [4.78, 5) is 25.9. The number of ether oxygens (including phenoxy) is 1. The van der Waals surface area contributed by atoms with Crippen LogP contribution in [0.3, 0.4) is 0 Å². The van der Waals surface area contributed by atoms with Gasteiger partial charge in [0.15, 0.2) is 0 Å². The standard InChI is InChI=1S/C19H37N3O3/c1-15(23)18(3,4)20-13-17(14-21-19(5,6)16(2)24)7-8-22-9-11-25-12-10-22/h17,20-21H,7-14H2,1-6H3. The topological polar surface area (TPSA) is 70.7 Å². The van der Waals surface area contributed by atoms with Crippen molar-refractivity contribution in [3.05, 3.63) is 0 Å². The number of carbonyl (C=O) groups is 2. The average molecular weight is 356 g/mol. The highest BCUT2D eigenvalue weighted by molar-refractivity contribution is 5.85. The fraction of sp³-hybridized carbons (Fsp3) is 0.895. The van der Waals surface area contributed by atoms with Crippen molar-refractivity contribution in [3.63, 3.8) is 0 Å². The van der Waals surface area contributed by atoms with E-state index in [1.54, 1.807) is 13.8 Å². The van der Waals surface area contributed by atoms with Gasteiger partial charge in [-0.1, -0.05) is 0 Å². The quantitative estimate of drug-likeness (QED) is 0.581. The zero-order chi connectivity index (χ0) is 19.1. The van der Waals surface area contributed by atoms with Crippen molar-refractivity contribution in [2.75, 3.05) is 45.9 Å². The highest BCUT2D eigenvalue weighted by Gasteiger charge is 2.27. The minimum Gasteiger partial charge on any atom is -0.379 e. The molecule has 6 heteroatoms. The third-order valence-corrected chi connectivity index (χ3v) is 5.38. The Kier molecular flexibility index (Phi) is 8.68. The van der Waals surface area contributed by atoms with Gasteiger partial charge in [-0.05, 0) is 60.4 Å². The Balaban J connectivity index is 2.58. The predicted molar refractivity (Wildman–Crippen MR) is 101 cm³/mol. The van der Waals surface area contributed by atoms with Crippen molar-refractivity contribution in [1.29, 1.82) is 0 Å². The Bertz CT molecular complexity index is 413. The van der Waals surface area contributed by atoms with Gasteiger partial charge in [0.2, 0.25) is 0 Å². The zero-order valence-corrected chi connectivity index (χ0v) is 16.9. The molecule has 0 amide bonds. The molecule has 0 atom stereocenters. The first kappa shape index (κ1) is 22.2. The van der Waals surface area contributed by atoms with Gasteiger partial charge in [-0.15, -0.1) is 0 Å². The van der Waals surface area contributed by atoms with Crippen LogP contribution in [-0.4, -0.2) is 73.5 Å². The molecule has 0 aromatic carbocycles. The maximum absolute atomic E-state index is 11.7. The maximum atomic E-state index is 11.7. The van der Waals surface area contributed by atoms with Gasteiger partial charge < -0.3 is 15.4 Å². The molecular weight excluding hydrogens is 318 g/mol. The predicted octanol–water partition coefficient (Wildman–Crippen LogP) is 1.24. The Labute approximate surface area is 153 Å². The Hall–Kier alpha value is -0.820. The zero-order valence-electron chi connectivity index (χ0n) is 16.9. The van der Waals surface area contributed by atoms with E-state index in [4.69, 9.17) is 4.74 Å². The molecule has 0 spiro atoms. The van der Waals surface area contributed by atoms with E-state index in [1.165, 1.54) is 0 Å². The first-order valence-electron chi connectivity index (χ1n) is 9.37. The summed E-state index contributed by atoms with van der Waals surface area (Å²) in [5.41, 5.74) is -1.04. The lowest BCUT2D eigenvalue weighted by Crippen LogP contribution is -2.52. The van der Waals surface area contributed by atoms with Crippen LogP contribution in [0.5, 0.6) is 0 Å². The number of nitrogens with zero attached hydrogens (tertiary/aromatic N) is 1. The molecule has 0 bridgehead atoms. The molecule has 25 heavy (non-hydrogen) atoms. The summed E-state index contributed by atoms with van der Waals surface area (Å²) in [6.45, 7) is 17.0. The number of ketones is 2. The fourth-order valence-corrected chi connectivity index (χ4v) is 2.51. The van der Waals surface area contributed by atoms with E-state index in [1.807, 2.05) is 27.7 Å². The Morgan fingerprint density at radius 2 is 1.40 bits per heavy atom. The summed E-state index contributed by atoms with van der Waals surface area (Å²) in [6, 6.07) is 0. The van der Waals surface area contributed by atoms with Crippen molar-refractivity contribution < 1.29 is 14.3 Å². The molecule has 0 aromatic rings. The van der Waals surface area contributed by atoms with Gasteiger partial charge >= 0.3 is 0 Å². The van der Waals surface area contributed by atoms with Gasteiger partial charge in [-0.3, -0.25) is 14.5 Å². The second-order valence-corrected chi connectivity index (χ2v) is 8.23. The van der Waals surface area contributed by atoms with Crippen molar-refractivity contribution in [2.45, 2.75) is 59.0 Å². The Morgan fingerprint density at radius 1 is 0.960 bits per heavy atom.